The topological polar surface area (TPSA) is 94.1 Å². The first-order valence-electron chi connectivity index (χ1n) is 12.1. The second kappa shape index (κ2) is 12.6. The summed E-state index contributed by atoms with van der Waals surface area (Å²) in [5.74, 6) is 0.701. The molecule has 2 aliphatic rings. The van der Waals surface area contributed by atoms with Crippen molar-refractivity contribution in [3.8, 4) is 5.75 Å². The van der Waals surface area contributed by atoms with Gasteiger partial charge in [0.25, 0.3) is 0 Å². The third-order valence-corrected chi connectivity index (χ3v) is 7.75. The van der Waals surface area contributed by atoms with Crippen LogP contribution in [0.1, 0.15) is 30.1 Å². The van der Waals surface area contributed by atoms with Gasteiger partial charge in [-0.2, -0.15) is 0 Å². The van der Waals surface area contributed by atoms with Crippen molar-refractivity contribution >= 4 is 23.7 Å². The van der Waals surface area contributed by atoms with Crippen LogP contribution in [0.3, 0.4) is 0 Å². The Bertz CT molecular complexity index is 922. The lowest BCUT2D eigenvalue weighted by atomic mass is 9.96. The van der Waals surface area contributed by atoms with Crippen molar-refractivity contribution in [2.24, 2.45) is 5.92 Å². The second-order valence-electron chi connectivity index (χ2n) is 9.00. The minimum atomic E-state index is -0.692. The van der Waals surface area contributed by atoms with Gasteiger partial charge in [-0.05, 0) is 62.0 Å². The number of aliphatic hydroxyl groups excluding tert-OH is 1. The third-order valence-electron chi connectivity index (χ3n) is 6.59. The Morgan fingerprint density at radius 3 is 2.74 bits per heavy atom. The molecule has 2 aromatic rings. The number of carbonyl (C=O) groups excluding carboxylic acids is 1. The quantitative estimate of drug-likeness (QED) is 0.207. The van der Waals surface area contributed by atoms with Crippen LogP contribution in [0.2, 0.25) is 0 Å². The fraction of sp³-hybridized carbons (Fsp3) is 0.500. The number of aldehydes is 1. The summed E-state index contributed by atoms with van der Waals surface area (Å²) in [5, 5.41) is 26.7. The minimum absolute atomic E-state index is 0.101. The number of hydrogen-bond acceptors (Lipinski definition) is 8. The molecule has 0 aromatic heterocycles. The summed E-state index contributed by atoms with van der Waals surface area (Å²) in [6, 6.07) is 13.7. The summed E-state index contributed by atoms with van der Waals surface area (Å²) >= 11 is 1.33. The maximum Gasteiger partial charge on any atom is 0.152 e. The van der Waals surface area contributed by atoms with E-state index >= 15 is 0 Å². The molecule has 1 unspecified atom stereocenters. The molecule has 7 nitrogen and oxygen atoms in total. The van der Waals surface area contributed by atoms with Crippen molar-refractivity contribution in [3.63, 3.8) is 0 Å². The Hall–Kier alpha value is -2.10. The van der Waals surface area contributed by atoms with E-state index in [9.17, 15) is 15.0 Å². The molecule has 2 atom stereocenters. The van der Waals surface area contributed by atoms with Crippen LogP contribution in [0, 0.1) is 5.92 Å². The van der Waals surface area contributed by atoms with Crippen LogP contribution in [0.4, 0.5) is 5.69 Å². The number of benzene rings is 2. The molecule has 0 saturated carbocycles. The highest BCUT2D eigenvalue weighted by molar-refractivity contribution is 8.01. The van der Waals surface area contributed by atoms with E-state index in [1.807, 2.05) is 6.07 Å². The molecule has 2 aliphatic heterocycles. The maximum absolute atomic E-state index is 11.1. The zero-order valence-corrected chi connectivity index (χ0v) is 20.3. The SMILES string of the molecule is O=CC1Nc2c(O)ccc([C@@H](O)CNCC3CCN(CCOCCc4ccccc4)CC3)c2S1. The van der Waals surface area contributed by atoms with Crippen LogP contribution < -0.4 is 10.6 Å². The fourth-order valence-corrected chi connectivity index (χ4v) is 5.66. The number of rotatable bonds is 12. The van der Waals surface area contributed by atoms with Gasteiger partial charge in [-0.1, -0.05) is 48.2 Å². The molecule has 8 heteroatoms. The van der Waals surface area contributed by atoms with E-state index in [0.717, 1.165) is 75.4 Å². The normalized spacial score (nSPS) is 19.5. The molecule has 2 aromatic carbocycles. The number of nitrogens with one attached hydrogen (secondary N) is 2. The first-order chi connectivity index (χ1) is 16.6. The number of phenolic OH excluding ortho intramolecular Hbond substituents is 1. The van der Waals surface area contributed by atoms with Crippen LogP contribution in [-0.4, -0.2) is 72.7 Å². The largest absolute Gasteiger partial charge is 0.506 e. The molecular formula is C26H35N3O4S. The maximum atomic E-state index is 11.1. The van der Waals surface area contributed by atoms with Crippen molar-refractivity contribution < 1.29 is 19.7 Å². The molecule has 4 N–H and O–H groups in total. The molecule has 0 spiro atoms. The van der Waals surface area contributed by atoms with Crippen LogP contribution in [0.15, 0.2) is 47.4 Å². The Balaban J connectivity index is 1.11. The van der Waals surface area contributed by atoms with Gasteiger partial charge in [0, 0.05) is 18.0 Å². The van der Waals surface area contributed by atoms with E-state index < -0.39 is 11.5 Å². The molecular weight excluding hydrogens is 450 g/mol. The molecule has 184 valence electrons. The van der Waals surface area contributed by atoms with Crippen LogP contribution in [0.5, 0.6) is 5.75 Å². The number of aliphatic hydroxyl groups is 1. The molecule has 1 fully saturated rings. The molecule has 0 amide bonds. The summed E-state index contributed by atoms with van der Waals surface area (Å²) in [5.41, 5.74) is 2.59. The van der Waals surface area contributed by atoms with E-state index in [0.29, 0.717) is 18.2 Å². The Morgan fingerprint density at radius 2 is 1.97 bits per heavy atom. The van der Waals surface area contributed by atoms with Gasteiger partial charge in [0.15, 0.2) is 6.29 Å². The lowest BCUT2D eigenvalue weighted by molar-refractivity contribution is -0.107. The summed E-state index contributed by atoms with van der Waals surface area (Å²) in [7, 11) is 0. The van der Waals surface area contributed by atoms with Crippen molar-refractivity contribution in [2.45, 2.75) is 35.6 Å². The van der Waals surface area contributed by atoms with E-state index in [2.05, 4.69) is 39.8 Å². The van der Waals surface area contributed by atoms with Crippen LogP contribution in [-0.2, 0) is 16.0 Å². The van der Waals surface area contributed by atoms with E-state index in [1.54, 1.807) is 12.1 Å². The Morgan fingerprint density at radius 1 is 1.18 bits per heavy atom. The highest BCUT2D eigenvalue weighted by Crippen LogP contribution is 2.46. The predicted molar refractivity (Wildman–Crippen MR) is 135 cm³/mol. The number of thioether (sulfide) groups is 1. The predicted octanol–water partition coefficient (Wildman–Crippen LogP) is 3.03. The standard InChI is InChI=1S/C26H35N3O4S/c30-18-24-28-25-22(31)7-6-21(26(25)34-24)23(32)17-27-16-20-8-11-29(12-9-20)13-15-33-14-10-19-4-2-1-3-5-19/h1-7,18,20,23-24,27-28,31-32H,8-17H2/t23-,24?/m0/s1. The first-order valence-corrected chi connectivity index (χ1v) is 13.0. The van der Waals surface area contributed by atoms with Crippen molar-refractivity contribution in [3.05, 3.63) is 53.6 Å². The van der Waals surface area contributed by atoms with E-state index in [4.69, 9.17) is 4.74 Å². The van der Waals surface area contributed by atoms with Gasteiger partial charge in [0.05, 0.1) is 25.0 Å². The number of piperidine rings is 1. The summed E-state index contributed by atoms with van der Waals surface area (Å²) in [6.07, 6.45) is 3.36. The van der Waals surface area contributed by atoms with E-state index in [-0.39, 0.29) is 5.75 Å². The molecule has 0 aliphatic carbocycles. The van der Waals surface area contributed by atoms with E-state index in [1.165, 1.54) is 17.3 Å². The monoisotopic (exact) mass is 485 g/mol. The van der Waals surface area contributed by atoms with Crippen molar-refractivity contribution in [2.75, 3.05) is 51.3 Å². The lowest BCUT2D eigenvalue weighted by Gasteiger charge is -2.32. The van der Waals surface area contributed by atoms with Gasteiger partial charge >= 0.3 is 0 Å². The van der Waals surface area contributed by atoms with Crippen molar-refractivity contribution in [1.29, 1.82) is 0 Å². The van der Waals surface area contributed by atoms with Gasteiger partial charge in [0.1, 0.15) is 11.1 Å². The zero-order valence-electron chi connectivity index (χ0n) is 19.5. The number of carbonyl (C=O) groups is 1. The molecule has 1 saturated heterocycles. The first kappa shape index (κ1) is 25.0. The average Bonchev–Trinajstić information content (AvgIpc) is 3.31. The molecule has 0 bridgehead atoms. The molecule has 0 radical (unpaired) electrons. The number of aromatic hydroxyl groups is 1. The van der Waals surface area contributed by atoms with Gasteiger partial charge in [-0.3, -0.25) is 0 Å². The summed E-state index contributed by atoms with van der Waals surface area (Å²) in [6.45, 7) is 6.00. The van der Waals surface area contributed by atoms with Crippen LogP contribution >= 0.6 is 11.8 Å². The summed E-state index contributed by atoms with van der Waals surface area (Å²) in [4.78, 5) is 14.4. The number of phenols is 1. The molecule has 4 rings (SSSR count). The fourth-order valence-electron chi connectivity index (χ4n) is 4.56. The Kier molecular flexibility index (Phi) is 9.24. The zero-order chi connectivity index (χ0) is 23.8. The van der Waals surface area contributed by atoms with Crippen molar-refractivity contribution in [1.82, 2.24) is 10.2 Å². The lowest BCUT2D eigenvalue weighted by Crippen LogP contribution is -2.39. The van der Waals surface area contributed by atoms with Crippen LogP contribution in [0.25, 0.3) is 0 Å². The third kappa shape index (κ3) is 6.73. The van der Waals surface area contributed by atoms with Gasteiger partial charge in [-0.15, -0.1) is 0 Å². The second-order valence-corrected chi connectivity index (χ2v) is 10.2. The number of likely N-dealkylation sites (tertiary alicyclic amines) is 1. The highest BCUT2D eigenvalue weighted by atomic mass is 32.2. The number of ether oxygens (including phenoxy) is 1. The summed E-state index contributed by atoms with van der Waals surface area (Å²) < 4.78 is 5.83. The smallest absolute Gasteiger partial charge is 0.152 e. The highest BCUT2D eigenvalue weighted by Gasteiger charge is 2.28. The number of anilines is 1. The minimum Gasteiger partial charge on any atom is -0.506 e. The number of nitrogens with zero attached hydrogens (tertiary/aromatic N) is 1. The average molecular weight is 486 g/mol. The number of hydrogen-bond donors (Lipinski definition) is 4. The number of fused-ring (bicyclic) bond motifs is 1. The Labute approximate surface area is 205 Å². The van der Waals surface area contributed by atoms with Gasteiger partial charge < -0.3 is 35.3 Å². The van der Waals surface area contributed by atoms with Gasteiger partial charge in [-0.25, -0.2) is 0 Å². The molecule has 34 heavy (non-hydrogen) atoms. The molecule has 2 heterocycles. The van der Waals surface area contributed by atoms with Gasteiger partial charge in [0.2, 0.25) is 0 Å².